The van der Waals surface area contributed by atoms with Gasteiger partial charge in [-0.05, 0) is 35.9 Å². The number of hydrogen-bond acceptors (Lipinski definition) is 3. The van der Waals surface area contributed by atoms with Gasteiger partial charge in [0, 0.05) is 36.1 Å². The van der Waals surface area contributed by atoms with E-state index in [-0.39, 0.29) is 11.5 Å². The van der Waals surface area contributed by atoms with Gasteiger partial charge in [0.1, 0.15) is 0 Å². The SMILES string of the molecule is O=C(O)C(F)(F)F.O=C1NCCc2[nH]c(-c3ccnc(/C=C/c4ccccc4C(F)(F)F)c3)cc21. The second-order valence-corrected chi connectivity index (χ2v) is 7.27. The third-order valence-corrected chi connectivity index (χ3v) is 4.84. The van der Waals surface area contributed by atoms with Crippen LogP contribution >= 0.6 is 0 Å². The zero-order valence-corrected chi connectivity index (χ0v) is 17.7. The number of halogens is 6. The number of carboxylic acid groups (broad SMARTS) is 1. The molecule has 4 rings (SSSR count). The Morgan fingerprint density at radius 1 is 1.03 bits per heavy atom. The van der Waals surface area contributed by atoms with E-state index < -0.39 is 23.9 Å². The van der Waals surface area contributed by atoms with Crippen molar-refractivity contribution in [1.82, 2.24) is 15.3 Å². The maximum absolute atomic E-state index is 13.1. The van der Waals surface area contributed by atoms with Crippen molar-refractivity contribution in [2.24, 2.45) is 0 Å². The van der Waals surface area contributed by atoms with Gasteiger partial charge in [0.2, 0.25) is 0 Å². The Hall–Kier alpha value is -4.09. The zero-order valence-electron chi connectivity index (χ0n) is 17.7. The molecule has 3 heterocycles. The number of hydrogen-bond donors (Lipinski definition) is 3. The Morgan fingerprint density at radius 3 is 2.34 bits per heavy atom. The van der Waals surface area contributed by atoms with Crippen molar-refractivity contribution >= 4 is 24.0 Å². The summed E-state index contributed by atoms with van der Waals surface area (Å²) >= 11 is 0. The number of nitrogens with one attached hydrogen (secondary N) is 2. The highest BCUT2D eigenvalue weighted by atomic mass is 19.4. The van der Waals surface area contributed by atoms with E-state index in [9.17, 15) is 31.1 Å². The zero-order chi connectivity index (χ0) is 25.8. The number of aromatic nitrogens is 2. The molecule has 1 amide bonds. The summed E-state index contributed by atoms with van der Waals surface area (Å²) in [7, 11) is 0. The molecule has 184 valence electrons. The lowest BCUT2D eigenvalue weighted by atomic mass is 10.1. The smallest absolute Gasteiger partial charge is 0.475 e. The van der Waals surface area contributed by atoms with E-state index in [0.717, 1.165) is 29.4 Å². The molecular formula is C23H17F6N3O3. The summed E-state index contributed by atoms with van der Waals surface area (Å²) in [4.78, 5) is 28.3. The molecular weight excluding hydrogens is 480 g/mol. The molecule has 0 aliphatic carbocycles. The molecule has 0 bridgehead atoms. The second-order valence-electron chi connectivity index (χ2n) is 7.27. The van der Waals surface area contributed by atoms with E-state index >= 15 is 0 Å². The molecule has 3 N–H and O–H groups in total. The number of benzene rings is 1. The molecule has 0 unspecified atom stereocenters. The highest BCUT2D eigenvalue weighted by Gasteiger charge is 2.38. The van der Waals surface area contributed by atoms with Crippen LogP contribution in [0.3, 0.4) is 0 Å². The monoisotopic (exact) mass is 497 g/mol. The molecule has 1 aliphatic rings. The van der Waals surface area contributed by atoms with Gasteiger partial charge in [0.05, 0.1) is 16.8 Å². The van der Waals surface area contributed by atoms with Crippen LogP contribution in [-0.4, -0.2) is 39.7 Å². The van der Waals surface area contributed by atoms with Gasteiger partial charge < -0.3 is 15.4 Å². The molecule has 12 heteroatoms. The van der Waals surface area contributed by atoms with E-state index in [1.807, 2.05) is 0 Å². The fourth-order valence-corrected chi connectivity index (χ4v) is 3.23. The van der Waals surface area contributed by atoms with Crippen molar-refractivity contribution < 1.29 is 41.0 Å². The van der Waals surface area contributed by atoms with Crippen molar-refractivity contribution in [3.8, 4) is 11.3 Å². The lowest BCUT2D eigenvalue weighted by Crippen LogP contribution is -2.31. The first kappa shape index (κ1) is 25.5. The Bertz CT molecular complexity index is 1260. The molecule has 1 aromatic carbocycles. The summed E-state index contributed by atoms with van der Waals surface area (Å²) in [6.45, 7) is 0.592. The lowest BCUT2D eigenvalue weighted by Gasteiger charge is -2.10. The molecule has 0 atom stereocenters. The topological polar surface area (TPSA) is 95.1 Å². The first-order valence-electron chi connectivity index (χ1n) is 9.97. The van der Waals surface area contributed by atoms with Crippen LogP contribution in [0.15, 0.2) is 48.7 Å². The molecule has 3 aromatic rings. The van der Waals surface area contributed by atoms with Gasteiger partial charge in [-0.25, -0.2) is 4.79 Å². The predicted molar refractivity (Wildman–Crippen MR) is 114 cm³/mol. The van der Waals surface area contributed by atoms with Crippen LogP contribution < -0.4 is 5.32 Å². The van der Waals surface area contributed by atoms with Crippen molar-refractivity contribution in [2.75, 3.05) is 6.54 Å². The molecule has 35 heavy (non-hydrogen) atoms. The maximum atomic E-state index is 13.1. The van der Waals surface area contributed by atoms with Crippen LogP contribution in [0, 0.1) is 0 Å². The number of H-pyrrole nitrogens is 1. The number of rotatable bonds is 3. The summed E-state index contributed by atoms with van der Waals surface area (Å²) in [5.41, 5.74) is 2.99. The molecule has 2 aromatic heterocycles. The predicted octanol–water partition coefficient (Wildman–Crippen LogP) is 5.19. The number of pyridine rings is 1. The van der Waals surface area contributed by atoms with E-state index in [1.165, 1.54) is 18.2 Å². The van der Waals surface area contributed by atoms with Gasteiger partial charge in [0.25, 0.3) is 5.91 Å². The number of amides is 1. The normalized spacial score (nSPS) is 13.6. The minimum atomic E-state index is -5.08. The maximum Gasteiger partial charge on any atom is 0.490 e. The first-order valence-corrected chi connectivity index (χ1v) is 9.97. The summed E-state index contributed by atoms with van der Waals surface area (Å²) in [5.74, 6) is -2.87. The van der Waals surface area contributed by atoms with Gasteiger partial charge in [-0.2, -0.15) is 26.3 Å². The fraction of sp³-hybridized carbons (Fsp3) is 0.174. The second kappa shape index (κ2) is 10.0. The highest BCUT2D eigenvalue weighted by molar-refractivity contribution is 5.97. The molecule has 1 aliphatic heterocycles. The Kier molecular flexibility index (Phi) is 7.32. The number of carbonyl (C=O) groups excluding carboxylic acids is 1. The Morgan fingerprint density at radius 2 is 1.71 bits per heavy atom. The summed E-state index contributed by atoms with van der Waals surface area (Å²) in [5, 5.41) is 9.92. The number of nitrogens with zero attached hydrogens (tertiary/aromatic N) is 1. The largest absolute Gasteiger partial charge is 0.490 e. The van der Waals surface area contributed by atoms with E-state index in [4.69, 9.17) is 9.90 Å². The van der Waals surface area contributed by atoms with E-state index in [0.29, 0.717) is 17.8 Å². The number of fused-ring (bicyclic) bond motifs is 1. The summed E-state index contributed by atoms with van der Waals surface area (Å²) < 4.78 is 71.1. The average Bonchev–Trinajstić information content (AvgIpc) is 3.23. The first-order chi connectivity index (χ1) is 16.4. The van der Waals surface area contributed by atoms with Gasteiger partial charge >= 0.3 is 18.3 Å². The Labute approximate surface area is 194 Å². The van der Waals surface area contributed by atoms with Crippen LogP contribution in [0.2, 0.25) is 0 Å². The molecule has 0 fully saturated rings. The standard InChI is InChI=1S/C21H16F3N3O.C2HF3O2/c22-21(23,24)17-4-2-1-3-13(17)5-6-15-11-14(7-9-25-15)19-12-16-18(27-19)8-10-26-20(16)28;3-2(4,5)1(6)7/h1-7,9,11-12,27H,8,10H2,(H,26,28);(H,6,7)/b6-5+;. The summed E-state index contributed by atoms with van der Waals surface area (Å²) in [6, 6.07) is 10.7. The minimum Gasteiger partial charge on any atom is -0.475 e. The van der Waals surface area contributed by atoms with Crippen LogP contribution in [-0.2, 0) is 17.4 Å². The minimum absolute atomic E-state index is 0.0780. The molecule has 0 saturated heterocycles. The molecule has 0 saturated carbocycles. The highest BCUT2D eigenvalue weighted by Crippen LogP contribution is 2.32. The third-order valence-electron chi connectivity index (χ3n) is 4.84. The quantitative estimate of drug-likeness (QED) is 0.435. The third kappa shape index (κ3) is 6.49. The van der Waals surface area contributed by atoms with Crippen LogP contribution in [0.25, 0.3) is 23.4 Å². The van der Waals surface area contributed by atoms with Gasteiger partial charge in [0.15, 0.2) is 0 Å². The van der Waals surface area contributed by atoms with Gasteiger partial charge in [-0.1, -0.05) is 24.3 Å². The van der Waals surface area contributed by atoms with Gasteiger partial charge in [-0.3, -0.25) is 9.78 Å². The number of alkyl halides is 6. The van der Waals surface area contributed by atoms with E-state index in [1.54, 1.807) is 36.5 Å². The molecule has 0 spiro atoms. The van der Waals surface area contributed by atoms with Crippen molar-refractivity contribution in [3.05, 3.63) is 76.7 Å². The number of carboxylic acids is 1. The van der Waals surface area contributed by atoms with Crippen molar-refractivity contribution in [3.63, 3.8) is 0 Å². The number of carbonyl (C=O) groups is 2. The molecule has 6 nitrogen and oxygen atoms in total. The lowest BCUT2D eigenvalue weighted by molar-refractivity contribution is -0.192. The Balaban J connectivity index is 0.000000429. The van der Waals surface area contributed by atoms with Crippen LogP contribution in [0.5, 0.6) is 0 Å². The van der Waals surface area contributed by atoms with Crippen LogP contribution in [0.4, 0.5) is 26.3 Å². The van der Waals surface area contributed by atoms with Crippen LogP contribution in [0.1, 0.15) is 32.9 Å². The van der Waals surface area contributed by atoms with Gasteiger partial charge in [-0.15, -0.1) is 0 Å². The van der Waals surface area contributed by atoms with E-state index in [2.05, 4.69) is 15.3 Å². The fourth-order valence-electron chi connectivity index (χ4n) is 3.23. The number of aromatic amines is 1. The molecule has 0 radical (unpaired) electrons. The van der Waals surface area contributed by atoms with Crippen molar-refractivity contribution in [2.45, 2.75) is 18.8 Å². The van der Waals surface area contributed by atoms with Crippen molar-refractivity contribution in [1.29, 1.82) is 0 Å². The summed E-state index contributed by atoms with van der Waals surface area (Å²) in [6.07, 6.45) is -4.23. The number of aliphatic carboxylic acids is 1. The average molecular weight is 497 g/mol.